The Bertz CT molecular complexity index is 663. The van der Waals surface area contributed by atoms with Gasteiger partial charge < -0.3 is 19.9 Å². The van der Waals surface area contributed by atoms with Crippen molar-refractivity contribution in [2.45, 2.75) is 58.3 Å². The molecule has 2 atom stereocenters. The molecule has 6 nitrogen and oxygen atoms in total. The number of rotatable bonds is 6. The topological polar surface area (TPSA) is 84.9 Å². The number of esters is 1. The Morgan fingerprint density at radius 1 is 1.30 bits per heavy atom. The average Bonchev–Trinajstić information content (AvgIpc) is 3.06. The van der Waals surface area contributed by atoms with E-state index >= 15 is 0 Å². The number of nitrogens with one attached hydrogen (secondary N) is 1. The van der Waals surface area contributed by atoms with Crippen LogP contribution in [0.15, 0.2) is 42.0 Å². The van der Waals surface area contributed by atoms with E-state index in [1.807, 2.05) is 30.3 Å². The molecule has 1 aromatic rings. The molecule has 0 saturated heterocycles. The van der Waals surface area contributed by atoms with Gasteiger partial charge in [0.15, 0.2) is 0 Å². The van der Waals surface area contributed by atoms with Crippen molar-refractivity contribution in [2.24, 2.45) is 5.92 Å². The van der Waals surface area contributed by atoms with Crippen LogP contribution in [0, 0.1) is 5.92 Å². The first-order valence-electron chi connectivity index (χ1n) is 9.30. The van der Waals surface area contributed by atoms with Gasteiger partial charge in [0.05, 0.1) is 18.6 Å². The molecule has 0 bridgehead atoms. The summed E-state index contributed by atoms with van der Waals surface area (Å²) < 4.78 is 10.7. The zero-order chi connectivity index (χ0) is 19.9. The van der Waals surface area contributed by atoms with Crippen LogP contribution in [0.4, 0.5) is 4.79 Å². The predicted molar refractivity (Wildman–Crippen MR) is 102 cm³/mol. The highest BCUT2D eigenvalue weighted by molar-refractivity contribution is 5.76. The molecule has 0 heterocycles. The van der Waals surface area contributed by atoms with Gasteiger partial charge in [0, 0.05) is 0 Å². The number of aliphatic hydroxyl groups excluding tert-OH is 1. The lowest BCUT2D eigenvalue weighted by Crippen LogP contribution is -2.40. The van der Waals surface area contributed by atoms with Crippen LogP contribution in [0.2, 0.25) is 0 Å². The van der Waals surface area contributed by atoms with Gasteiger partial charge in [-0.15, -0.1) is 0 Å². The van der Waals surface area contributed by atoms with Crippen molar-refractivity contribution in [2.75, 3.05) is 6.61 Å². The predicted octanol–water partition coefficient (Wildman–Crippen LogP) is 3.34. The smallest absolute Gasteiger partial charge is 0.408 e. The molecule has 0 aliphatic heterocycles. The highest BCUT2D eigenvalue weighted by Gasteiger charge is 2.30. The number of hydrogen-bond donors (Lipinski definition) is 2. The average molecular weight is 375 g/mol. The standard InChI is InChI=1S/C21H29NO5/c1-21(2,3)27-20(25)22-17(13-23)12-16-10-7-11-18(16)19(24)26-14-15-8-5-4-6-9-15/h4-6,8-9,12,17-18,23H,7,10-11,13-14H2,1-3H3,(H,22,25)/b16-12+/t17-,18-/m1/s1. The molecule has 6 heteroatoms. The maximum atomic E-state index is 12.5. The summed E-state index contributed by atoms with van der Waals surface area (Å²) in [5, 5.41) is 12.2. The Kier molecular flexibility index (Phi) is 7.42. The van der Waals surface area contributed by atoms with Crippen molar-refractivity contribution in [3.8, 4) is 0 Å². The van der Waals surface area contributed by atoms with Crippen molar-refractivity contribution in [1.82, 2.24) is 5.32 Å². The van der Waals surface area contributed by atoms with E-state index in [2.05, 4.69) is 5.32 Å². The molecule has 1 fully saturated rings. The first kappa shape index (κ1) is 21.0. The van der Waals surface area contributed by atoms with Crippen LogP contribution in [0.5, 0.6) is 0 Å². The molecule has 148 valence electrons. The number of ether oxygens (including phenoxy) is 2. The Morgan fingerprint density at radius 3 is 2.63 bits per heavy atom. The second-order valence-electron chi connectivity index (χ2n) is 7.72. The van der Waals surface area contributed by atoms with E-state index in [1.165, 1.54) is 0 Å². The normalized spacial score (nSPS) is 19.6. The molecule has 27 heavy (non-hydrogen) atoms. The number of amides is 1. The molecule has 1 amide bonds. The maximum absolute atomic E-state index is 12.5. The number of alkyl carbamates (subject to hydrolysis) is 1. The molecule has 2 N–H and O–H groups in total. The highest BCUT2D eigenvalue weighted by atomic mass is 16.6. The van der Waals surface area contributed by atoms with Crippen molar-refractivity contribution in [3.63, 3.8) is 0 Å². The van der Waals surface area contributed by atoms with Gasteiger partial charge in [-0.2, -0.15) is 0 Å². The molecular weight excluding hydrogens is 346 g/mol. The Morgan fingerprint density at radius 2 is 2.00 bits per heavy atom. The van der Waals surface area contributed by atoms with Gasteiger partial charge in [-0.1, -0.05) is 42.0 Å². The lowest BCUT2D eigenvalue weighted by Gasteiger charge is -2.22. The fraction of sp³-hybridized carbons (Fsp3) is 0.524. The SMILES string of the molecule is CC(C)(C)OC(=O)N[C@H](/C=C1\CCC[C@H]1C(=O)OCc1ccccc1)CO. The van der Waals surface area contributed by atoms with E-state index in [9.17, 15) is 14.7 Å². The summed E-state index contributed by atoms with van der Waals surface area (Å²) in [6, 6.07) is 8.93. The van der Waals surface area contributed by atoms with Gasteiger partial charge in [-0.25, -0.2) is 4.79 Å². The number of carbonyl (C=O) groups is 2. The minimum absolute atomic E-state index is 0.239. The van der Waals surface area contributed by atoms with Crippen LogP contribution in [0.3, 0.4) is 0 Å². The van der Waals surface area contributed by atoms with E-state index in [4.69, 9.17) is 9.47 Å². The zero-order valence-electron chi connectivity index (χ0n) is 16.2. The van der Waals surface area contributed by atoms with Gasteiger partial charge >= 0.3 is 12.1 Å². The van der Waals surface area contributed by atoms with Gasteiger partial charge in [0.25, 0.3) is 0 Å². The van der Waals surface area contributed by atoms with Gasteiger partial charge in [-0.3, -0.25) is 4.79 Å². The van der Waals surface area contributed by atoms with Crippen molar-refractivity contribution < 1.29 is 24.2 Å². The largest absolute Gasteiger partial charge is 0.460 e. The first-order chi connectivity index (χ1) is 12.8. The molecule has 1 aromatic carbocycles. The van der Waals surface area contributed by atoms with Gasteiger partial charge in [-0.05, 0) is 45.6 Å². The molecule has 0 spiro atoms. The molecule has 2 rings (SSSR count). The Balaban J connectivity index is 1.95. The zero-order valence-corrected chi connectivity index (χ0v) is 16.2. The molecule has 0 unspecified atom stereocenters. The third-order valence-electron chi connectivity index (χ3n) is 4.23. The number of carbonyl (C=O) groups excluding carboxylic acids is 2. The summed E-state index contributed by atoms with van der Waals surface area (Å²) in [7, 11) is 0. The molecule has 0 aromatic heterocycles. The van der Waals surface area contributed by atoms with Crippen molar-refractivity contribution in [3.05, 3.63) is 47.5 Å². The summed E-state index contributed by atoms with van der Waals surface area (Å²) in [5.41, 5.74) is 1.21. The van der Waals surface area contributed by atoms with E-state index in [-0.39, 0.29) is 25.1 Å². The minimum Gasteiger partial charge on any atom is -0.460 e. The molecule has 1 saturated carbocycles. The lowest BCUT2D eigenvalue weighted by atomic mass is 10.0. The van der Waals surface area contributed by atoms with E-state index in [0.717, 1.165) is 24.0 Å². The Labute approximate surface area is 160 Å². The van der Waals surface area contributed by atoms with Crippen LogP contribution in [-0.4, -0.2) is 35.4 Å². The molecule has 0 radical (unpaired) electrons. The quantitative estimate of drug-likeness (QED) is 0.588. The highest BCUT2D eigenvalue weighted by Crippen LogP contribution is 2.32. The summed E-state index contributed by atoms with van der Waals surface area (Å²) >= 11 is 0. The van der Waals surface area contributed by atoms with Crippen LogP contribution >= 0.6 is 0 Å². The van der Waals surface area contributed by atoms with Gasteiger partial charge in [0.2, 0.25) is 0 Å². The summed E-state index contributed by atoms with van der Waals surface area (Å²) in [5.74, 6) is -0.597. The summed E-state index contributed by atoms with van der Waals surface area (Å²) in [6.45, 7) is 5.29. The number of aliphatic hydroxyl groups is 1. The summed E-state index contributed by atoms with van der Waals surface area (Å²) in [4.78, 5) is 24.4. The monoisotopic (exact) mass is 375 g/mol. The maximum Gasteiger partial charge on any atom is 0.408 e. The number of benzene rings is 1. The third kappa shape index (κ3) is 7.06. The fourth-order valence-electron chi connectivity index (χ4n) is 3.03. The summed E-state index contributed by atoms with van der Waals surface area (Å²) in [6.07, 6.45) is 3.49. The van der Waals surface area contributed by atoms with Crippen molar-refractivity contribution in [1.29, 1.82) is 0 Å². The van der Waals surface area contributed by atoms with Crippen LogP contribution in [-0.2, 0) is 20.9 Å². The molecular formula is C21H29NO5. The van der Waals surface area contributed by atoms with Crippen LogP contribution in [0.1, 0.15) is 45.6 Å². The van der Waals surface area contributed by atoms with Crippen molar-refractivity contribution >= 4 is 12.1 Å². The van der Waals surface area contributed by atoms with E-state index < -0.39 is 17.7 Å². The van der Waals surface area contributed by atoms with E-state index in [0.29, 0.717) is 6.42 Å². The number of hydrogen-bond acceptors (Lipinski definition) is 5. The fourth-order valence-corrected chi connectivity index (χ4v) is 3.03. The van der Waals surface area contributed by atoms with Crippen LogP contribution in [0.25, 0.3) is 0 Å². The second kappa shape index (κ2) is 9.55. The van der Waals surface area contributed by atoms with Gasteiger partial charge in [0.1, 0.15) is 12.2 Å². The lowest BCUT2D eigenvalue weighted by molar-refractivity contribution is -0.148. The third-order valence-corrected chi connectivity index (χ3v) is 4.23. The first-order valence-corrected chi connectivity index (χ1v) is 9.30. The van der Waals surface area contributed by atoms with E-state index in [1.54, 1.807) is 26.8 Å². The molecule has 1 aliphatic carbocycles. The Hall–Kier alpha value is -2.34. The minimum atomic E-state index is -0.617. The molecule has 1 aliphatic rings. The van der Waals surface area contributed by atoms with Crippen LogP contribution < -0.4 is 5.32 Å². The second-order valence-corrected chi connectivity index (χ2v) is 7.72.